The molecule has 0 amide bonds. The topological polar surface area (TPSA) is 90.4 Å². The van der Waals surface area contributed by atoms with Crippen LogP contribution in [0.3, 0.4) is 0 Å². The molecule has 0 bridgehead atoms. The van der Waals surface area contributed by atoms with E-state index in [1.165, 1.54) is 0 Å². The maximum absolute atomic E-state index is 13.0. The Morgan fingerprint density at radius 1 is 1.35 bits per heavy atom. The van der Waals surface area contributed by atoms with Crippen LogP contribution in [0, 0.1) is 0 Å². The van der Waals surface area contributed by atoms with Gasteiger partial charge in [-0.2, -0.15) is 18.2 Å². The Kier molecular flexibility index (Phi) is 4.52. The molecule has 1 aliphatic rings. The van der Waals surface area contributed by atoms with E-state index in [4.69, 9.17) is 15.6 Å². The molecule has 11 heteroatoms. The highest BCUT2D eigenvalue weighted by Gasteiger charge is 2.40. The lowest BCUT2D eigenvalue weighted by Crippen LogP contribution is -2.31. The van der Waals surface area contributed by atoms with Crippen molar-refractivity contribution in [2.45, 2.75) is 18.5 Å². The van der Waals surface area contributed by atoms with E-state index >= 15 is 0 Å². The Labute approximate surface area is 125 Å². The minimum atomic E-state index is -4.92. The van der Waals surface area contributed by atoms with Gasteiger partial charge in [0.25, 0.3) is 0 Å². The monoisotopic (exact) mass is 339 g/mol. The lowest BCUT2D eigenvalue weighted by atomic mass is 10.1. The molecule has 0 spiro atoms. The molecule has 0 saturated carbocycles. The molecule has 2 unspecified atom stereocenters. The van der Waals surface area contributed by atoms with E-state index < -0.39 is 53.3 Å². The first-order valence-corrected chi connectivity index (χ1v) is 6.07. The van der Waals surface area contributed by atoms with Crippen LogP contribution < -0.4 is 11.4 Å². The summed E-state index contributed by atoms with van der Waals surface area (Å²) in [6.45, 7) is -0.771. The van der Waals surface area contributed by atoms with Crippen LogP contribution in [0.15, 0.2) is 34.8 Å². The van der Waals surface area contributed by atoms with Crippen LogP contribution >= 0.6 is 0 Å². The van der Waals surface area contributed by atoms with Crippen molar-refractivity contribution in [1.29, 1.82) is 0 Å². The number of hydrogen-bond acceptors (Lipinski definition) is 5. The summed E-state index contributed by atoms with van der Waals surface area (Å²) < 4.78 is 69.7. The van der Waals surface area contributed by atoms with Crippen LogP contribution in [-0.4, -0.2) is 27.4 Å². The Balaban J connectivity index is 2.61. The largest absolute Gasteiger partial charge is 0.421 e. The third kappa shape index (κ3) is 2.97. The van der Waals surface area contributed by atoms with Gasteiger partial charge < -0.3 is 15.6 Å². The van der Waals surface area contributed by atoms with Crippen LogP contribution in [0.5, 0.6) is 0 Å². The van der Waals surface area contributed by atoms with Crippen molar-refractivity contribution >= 4 is 5.82 Å². The fourth-order valence-electron chi connectivity index (χ4n) is 2.11. The molecule has 0 radical (unpaired) electrons. The number of nitrogens with two attached hydrogens (primary N) is 1. The van der Waals surface area contributed by atoms with Gasteiger partial charge in [0, 0.05) is 17.3 Å². The Morgan fingerprint density at radius 2 is 1.96 bits per heavy atom. The highest BCUT2D eigenvalue weighted by Crippen LogP contribution is 2.39. The maximum atomic E-state index is 13.0. The molecule has 2 rings (SSSR count). The van der Waals surface area contributed by atoms with Crippen molar-refractivity contribution in [3.63, 3.8) is 0 Å². The second-order valence-electron chi connectivity index (χ2n) is 4.52. The number of rotatable bonds is 2. The van der Waals surface area contributed by atoms with E-state index in [9.17, 15) is 26.7 Å². The van der Waals surface area contributed by atoms with E-state index in [2.05, 4.69) is 4.98 Å². The number of hydrogen-bond donors (Lipinski definition) is 2. The number of nitrogens with zero attached hydrogens (tertiary/aromatic N) is 2. The Bertz CT molecular complexity index is 726. The number of aliphatic hydroxyl groups is 1. The molecule has 1 fully saturated rings. The second kappa shape index (κ2) is 6.08. The summed E-state index contributed by atoms with van der Waals surface area (Å²) >= 11 is 0. The average molecular weight is 339 g/mol. The van der Waals surface area contributed by atoms with Gasteiger partial charge in [-0.05, 0) is 0 Å². The molecule has 23 heavy (non-hydrogen) atoms. The van der Waals surface area contributed by atoms with Crippen LogP contribution in [0.1, 0.15) is 11.8 Å². The van der Waals surface area contributed by atoms with Gasteiger partial charge in [0.05, 0.1) is 19.3 Å². The standard InChI is InChI=1S/C12H10F5N3O3/c13-1-5-6(2-14)10(23-8(5)4-21)20-3-7(12(15,16)17)9(18)19-11(20)22/h1-3,8,10,21H,4H2,(H2,18,19,22)/b5-1+,6-2+. The first-order chi connectivity index (χ1) is 10.7. The van der Waals surface area contributed by atoms with Crippen LogP contribution in [-0.2, 0) is 10.9 Å². The zero-order valence-corrected chi connectivity index (χ0v) is 11.2. The number of ether oxygens (including phenoxy) is 1. The summed E-state index contributed by atoms with van der Waals surface area (Å²) in [5.41, 5.74) is 1.40. The summed E-state index contributed by atoms with van der Waals surface area (Å²) in [5.74, 6) is -1.05. The second-order valence-corrected chi connectivity index (χ2v) is 4.52. The molecule has 1 aliphatic heterocycles. The third-order valence-electron chi connectivity index (χ3n) is 3.18. The molecule has 2 atom stereocenters. The van der Waals surface area contributed by atoms with Gasteiger partial charge in [0.15, 0.2) is 6.23 Å². The van der Waals surface area contributed by atoms with Crippen molar-refractivity contribution in [3.8, 4) is 0 Å². The molecule has 2 heterocycles. The Hall–Kier alpha value is -2.27. The molecule has 3 N–H and O–H groups in total. The molecule has 0 aromatic carbocycles. The first-order valence-electron chi connectivity index (χ1n) is 6.07. The quantitative estimate of drug-likeness (QED) is 0.796. The Morgan fingerprint density at radius 3 is 2.43 bits per heavy atom. The van der Waals surface area contributed by atoms with Crippen LogP contribution in [0.4, 0.5) is 27.8 Å². The van der Waals surface area contributed by atoms with E-state index in [0.717, 1.165) is 0 Å². The van der Waals surface area contributed by atoms with Gasteiger partial charge in [-0.25, -0.2) is 13.6 Å². The fraction of sp³-hybridized carbons (Fsp3) is 0.333. The van der Waals surface area contributed by atoms with E-state index in [0.29, 0.717) is 10.8 Å². The fourth-order valence-corrected chi connectivity index (χ4v) is 2.11. The summed E-state index contributed by atoms with van der Waals surface area (Å²) in [6.07, 6.45) is -7.87. The molecule has 1 aromatic heterocycles. The van der Waals surface area contributed by atoms with Gasteiger partial charge in [-0.15, -0.1) is 0 Å². The molecular weight excluding hydrogens is 329 g/mol. The summed E-state index contributed by atoms with van der Waals surface area (Å²) in [7, 11) is 0. The predicted molar refractivity (Wildman–Crippen MR) is 67.3 cm³/mol. The zero-order valence-electron chi connectivity index (χ0n) is 11.2. The van der Waals surface area contributed by atoms with Crippen molar-refractivity contribution < 1.29 is 31.8 Å². The predicted octanol–water partition coefficient (Wildman–Crippen LogP) is 1.44. The summed E-state index contributed by atoms with van der Waals surface area (Å²) in [4.78, 5) is 14.8. The summed E-state index contributed by atoms with van der Waals surface area (Å²) in [6, 6.07) is 0. The maximum Gasteiger partial charge on any atom is 0.421 e. The molecular formula is C12H10F5N3O3. The third-order valence-corrected chi connectivity index (χ3v) is 3.18. The van der Waals surface area contributed by atoms with E-state index in [1.54, 1.807) is 0 Å². The SMILES string of the molecule is Nc1nc(=O)n(C2OC(CO)C(=C/F)/C2=C\F)cc1C(F)(F)F. The highest BCUT2D eigenvalue weighted by atomic mass is 19.4. The lowest BCUT2D eigenvalue weighted by Gasteiger charge is -2.17. The van der Waals surface area contributed by atoms with Crippen molar-refractivity contribution in [1.82, 2.24) is 9.55 Å². The van der Waals surface area contributed by atoms with Crippen LogP contribution in [0.2, 0.25) is 0 Å². The number of alkyl halides is 3. The van der Waals surface area contributed by atoms with Crippen LogP contribution in [0.25, 0.3) is 0 Å². The minimum Gasteiger partial charge on any atom is -0.393 e. The van der Waals surface area contributed by atoms with Crippen molar-refractivity contribution in [3.05, 3.63) is 46.1 Å². The first kappa shape index (κ1) is 17.1. The van der Waals surface area contributed by atoms with E-state index in [-0.39, 0.29) is 12.7 Å². The van der Waals surface area contributed by atoms with Gasteiger partial charge >= 0.3 is 11.9 Å². The summed E-state index contributed by atoms with van der Waals surface area (Å²) in [5, 5.41) is 9.06. The molecule has 1 saturated heterocycles. The normalized spacial score (nSPS) is 25.5. The number of aliphatic hydroxyl groups excluding tert-OH is 1. The molecule has 1 aromatic rings. The number of nitrogen functional groups attached to an aromatic ring is 1. The minimum absolute atomic E-state index is 0.0628. The molecule has 6 nitrogen and oxygen atoms in total. The highest BCUT2D eigenvalue weighted by molar-refractivity contribution is 5.41. The number of anilines is 1. The smallest absolute Gasteiger partial charge is 0.393 e. The van der Waals surface area contributed by atoms with Crippen molar-refractivity contribution in [2.24, 2.45) is 0 Å². The van der Waals surface area contributed by atoms with Crippen molar-refractivity contribution in [2.75, 3.05) is 12.3 Å². The van der Waals surface area contributed by atoms with Gasteiger partial charge in [-0.3, -0.25) is 4.57 Å². The number of halogens is 5. The van der Waals surface area contributed by atoms with E-state index in [1.807, 2.05) is 0 Å². The lowest BCUT2D eigenvalue weighted by molar-refractivity contribution is -0.137. The van der Waals surface area contributed by atoms with Gasteiger partial charge in [-0.1, -0.05) is 0 Å². The molecule has 126 valence electrons. The number of aromatic nitrogens is 2. The zero-order chi connectivity index (χ0) is 17.4. The average Bonchev–Trinajstić information content (AvgIpc) is 2.83. The van der Waals surface area contributed by atoms with Gasteiger partial charge in [0.1, 0.15) is 17.5 Å². The molecule has 0 aliphatic carbocycles. The van der Waals surface area contributed by atoms with Gasteiger partial charge in [0.2, 0.25) is 0 Å².